The Morgan fingerprint density at radius 1 is 1.20 bits per heavy atom. The molecule has 102 valence electrons. The van der Waals surface area contributed by atoms with Crippen molar-refractivity contribution in [3.63, 3.8) is 0 Å². The standard InChI is InChI=1S/C16H15NO2S/c1-12(17-15-4-2-3-5-16(15)20)14-8-6-13(7-9-14)10-19-11-18/h2-9,11,17,20H,1,10H2. The quantitative estimate of drug-likeness (QED) is 0.627. The van der Waals surface area contributed by atoms with Crippen molar-refractivity contribution in [1.29, 1.82) is 0 Å². The highest BCUT2D eigenvalue weighted by Gasteiger charge is 2.02. The molecule has 0 radical (unpaired) electrons. The molecule has 0 saturated heterocycles. The van der Waals surface area contributed by atoms with Gasteiger partial charge < -0.3 is 10.1 Å². The third-order valence-corrected chi connectivity index (χ3v) is 3.20. The van der Waals surface area contributed by atoms with Crippen LogP contribution in [0.4, 0.5) is 5.69 Å². The number of thiol groups is 1. The fraction of sp³-hybridized carbons (Fsp3) is 0.0625. The van der Waals surface area contributed by atoms with Crippen LogP contribution in [0.3, 0.4) is 0 Å². The zero-order valence-corrected chi connectivity index (χ0v) is 11.8. The van der Waals surface area contributed by atoms with Gasteiger partial charge in [-0.2, -0.15) is 0 Å². The van der Waals surface area contributed by atoms with Crippen LogP contribution < -0.4 is 5.32 Å². The number of carbonyl (C=O) groups is 1. The van der Waals surface area contributed by atoms with Crippen molar-refractivity contribution < 1.29 is 9.53 Å². The Morgan fingerprint density at radius 3 is 2.55 bits per heavy atom. The molecule has 0 aliphatic heterocycles. The first-order valence-electron chi connectivity index (χ1n) is 6.09. The van der Waals surface area contributed by atoms with E-state index in [1.807, 2.05) is 48.5 Å². The molecule has 20 heavy (non-hydrogen) atoms. The van der Waals surface area contributed by atoms with Crippen molar-refractivity contribution in [2.75, 3.05) is 5.32 Å². The highest BCUT2D eigenvalue weighted by Crippen LogP contribution is 2.23. The van der Waals surface area contributed by atoms with E-state index in [4.69, 9.17) is 4.74 Å². The van der Waals surface area contributed by atoms with E-state index in [1.165, 1.54) is 0 Å². The number of nitrogens with one attached hydrogen (secondary N) is 1. The molecule has 0 heterocycles. The Labute approximate surface area is 123 Å². The van der Waals surface area contributed by atoms with Crippen molar-refractivity contribution in [2.24, 2.45) is 0 Å². The van der Waals surface area contributed by atoms with Crippen LogP contribution in [-0.2, 0) is 16.1 Å². The van der Waals surface area contributed by atoms with Crippen LogP contribution in [-0.4, -0.2) is 6.47 Å². The largest absolute Gasteiger partial charge is 0.463 e. The summed E-state index contributed by atoms with van der Waals surface area (Å²) in [7, 11) is 0. The van der Waals surface area contributed by atoms with Crippen LogP contribution in [0, 0.1) is 0 Å². The van der Waals surface area contributed by atoms with E-state index in [1.54, 1.807) is 0 Å². The van der Waals surface area contributed by atoms with Gasteiger partial charge in [0, 0.05) is 10.6 Å². The van der Waals surface area contributed by atoms with Crippen molar-refractivity contribution in [3.8, 4) is 0 Å². The number of ether oxygens (including phenoxy) is 1. The van der Waals surface area contributed by atoms with E-state index < -0.39 is 0 Å². The molecule has 0 unspecified atom stereocenters. The van der Waals surface area contributed by atoms with Gasteiger partial charge in [0.1, 0.15) is 6.61 Å². The number of anilines is 1. The summed E-state index contributed by atoms with van der Waals surface area (Å²) < 4.78 is 4.70. The smallest absolute Gasteiger partial charge is 0.293 e. The average molecular weight is 285 g/mol. The third kappa shape index (κ3) is 3.65. The molecule has 2 aromatic carbocycles. The second-order valence-electron chi connectivity index (χ2n) is 4.22. The Balaban J connectivity index is 2.06. The zero-order valence-electron chi connectivity index (χ0n) is 10.9. The molecule has 0 aliphatic rings. The first-order valence-corrected chi connectivity index (χ1v) is 6.54. The van der Waals surface area contributed by atoms with Crippen LogP contribution in [0.2, 0.25) is 0 Å². The number of hydrogen-bond acceptors (Lipinski definition) is 4. The average Bonchev–Trinajstić information content (AvgIpc) is 2.48. The topological polar surface area (TPSA) is 38.3 Å². The van der Waals surface area contributed by atoms with Gasteiger partial charge in [-0.05, 0) is 23.3 Å². The number of benzene rings is 2. The van der Waals surface area contributed by atoms with E-state index >= 15 is 0 Å². The molecule has 0 spiro atoms. The summed E-state index contributed by atoms with van der Waals surface area (Å²) in [6.07, 6.45) is 0. The Bertz CT molecular complexity index is 608. The van der Waals surface area contributed by atoms with E-state index in [0.717, 1.165) is 27.4 Å². The molecule has 2 aromatic rings. The monoisotopic (exact) mass is 285 g/mol. The summed E-state index contributed by atoms with van der Waals surface area (Å²) in [4.78, 5) is 11.0. The Morgan fingerprint density at radius 2 is 1.90 bits per heavy atom. The van der Waals surface area contributed by atoms with Crippen LogP contribution in [0.25, 0.3) is 5.70 Å². The minimum absolute atomic E-state index is 0.281. The number of hydrogen-bond donors (Lipinski definition) is 2. The van der Waals surface area contributed by atoms with Gasteiger partial charge in [0.05, 0.1) is 5.69 Å². The Kier molecular flexibility index (Phi) is 4.85. The summed E-state index contributed by atoms with van der Waals surface area (Å²) >= 11 is 4.39. The second kappa shape index (κ2) is 6.82. The fourth-order valence-corrected chi connectivity index (χ4v) is 1.96. The molecule has 0 aliphatic carbocycles. The lowest BCUT2D eigenvalue weighted by Gasteiger charge is -2.12. The molecule has 1 N–H and O–H groups in total. The predicted molar refractivity (Wildman–Crippen MR) is 83.6 cm³/mol. The second-order valence-corrected chi connectivity index (χ2v) is 4.71. The van der Waals surface area contributed by atoms with Crippen molar-refractivity contribution in [3.05, 3.63) is 66.2 Å². The molecule has 0 aromatic heterocycles. The summed E-state index contributed by atoms with van der Waals surface area (Å²) in [6, 6.07) is 15.4. The van der Waals surface area contributed by atoms with E-state index in [-0.39, 0.29) is 6.61 Å². The first-order chi connectivity index (χ1) is 9.70. The molecule has 0 atom stereocenters. The highest BCUT2D eigenvalue weighted by atomic mass is 32.1. The molecule has 3 nitrogen and oxygen atoms in total. The van der Waals surface area contributed by atoms with Crippen molar-refractivity contribution >= 4 is 30.5 Å². The summed E-state index contributed by atoms with van der Waals surface area (Å²) in [5, 5.41) is 3.23. The first kappa shape index (κ1) is 14.2. The maximum absolute atomic E-state index is 10.1. The predicted octanol–water partition coefficient (Wildman–Crippen LogP) is 3.73. The van der Waals surface area contributed by atoms with Gasteiger partial charge in [-0.25, -0.2) is 0 Å². The lowest BCUT2D eigenvalue weighted by Crippen LogP contribution is -1.98. The lowest BCUT2D eigenvalue weighted by atomic mass is 10.1. The van der Waals surface area contributed by atoms with Gasteiger partial charge >= 0.3 is 0 Å². The molecule has 0 amide bonds. The van der Waals surface area contributed by atoms with Gasteiger partial charge in [-0.3, -0.25) is 4.79 Å². The summed E-state index contributed by atoms with van der Waals surface area (Å²) in [6.45, 7) is 4.74. The van der Waals surface area contributed by atoms with Gasteiger partial charge in [-0.1, -0.05) is 43.0 Å². The third-order valence-electron chi connectivity index (χ3n) is 2.81. The maximum Gasteiger partial charge on any atom is 0.293 e. The lowest BCUT2D eigenvalue weighted by molar-refractivity contribution is -0.129. The van der Waals surface area contributed by atoms with E-state index in [9.17, 15) is 4.79 Å². The fourth-order valence-electron chi connectivity index (χ4n) is 1.75. The normalized spacial score (nSPS) is 9.85. The van der Waals surface area contributed by atoms with Gasteiger partial charge in [-0.15, -0.1) is 12.6 Å². The Hall–Kier alpha value is -2.20. The molecular formula is C16H15NO2S. The SMILES string of the molecule is C=C(Nc1ccccc1S)c1ccc(COC=O)cc1. The molecule has 0 bridgehead atoms. The summed E-state index contributed by atoms with van der Waals surface area (Å²) in [5.74, 6) is 0. The minimum atomic E-state index is 0.281. The molecule has 0 fully saturated rings. The summed E-state index contributed by atoms with van der Waals surface area (Å²) in [5.41, 5.74) is 3.60. The van der Waals surface area contributed by atoms with Gasteiger partial charge in [0.25, 0.3) is 6.47 Å². The molecular weight excluding hydrogens is 270 g/mol. The maximum atomic E-state index is 10.1. The number of para-hydroxylation sites is 1. The van der Waals surface area contributed by atoms with Crippen LogP contribution in [0.5, 0.6) is 0 Å². The van der Waals surface area contributed by atoms with Crippen molar-refractivity contribution in [1.82, 2.24) is 0 Å². The number of carbonyl (C=O) groups excluding carboxylic acids is 1. The number of rotatable bonds is 6. The highest BCUT2D eigenvalue weighted by molar-refractivity contribution is 7.80. The van der Waals surface area contributed by atoms with E-state index in [0.29, 0.717) is 6.47 Å². The molecule has 4 heteroatoms. The molecule has 2 rings (SSSR count). The van der Waals surface area contributed by atoms with Crippen LogP contribution in [0.15, 0.2) is 60.0 Å². The van der Waals surface area contributed by atoms with Gasteiger partial charge in [0.15, 0.2) is 0 Å². The zero-order chi connectivity index (χ0) is 14.4. The van der Waals surface area contributed by atoms with Crippen LogP contribution >= 0.6 is 12.6 Å². The van der Waals surface area contributed by atoms with Gasteiger partial charge in [0.2, 0.25) is 0 Å². The minimum Gasteiger partial charge on any atom is -0.463 e. The molecule has 0 saturated carbocycles. The van der Waals surface area contributed by atoms with Crippen LogP contribution in [0.1, 0.15) is 11.1 Å². The van der Waals surface area contributed by atoms with Crippen molar-refractivity contribution in [2.45, 2.75) is 11.5 Å². The van der Waals surface area contributed by atoms with E-state index in [2.05, 4.69) is 24.5 Å².